The van der Waals surface area contributed by atoms with Gasteiger partial charge in [0, 0.05) is 11.1 Å². The fraction of sp³-hybridized carbons (Fsp3) is 0.0476. The van der Waals surface area contributed by atoms with Gasteiger partial charge in [-0.25, -0.2) is 9.78 Å². The molecule has 0 atom stereocenters. The number of para-hydroxylation sites is 1. The molecule has 1 heterocycles. The standard InChI is InChI=1S/C11H8O2.C10H9NO.Al/c12-11(13)10-6-5-8-3-1-2-4-9(8)7-10;1-7-5-6-8-3-2-4-9(12)10(8)11-7;/h1-7H,(H,12,13);2-6,12H,1H3;/q;;+2/p-2. The Morgan fingerprint density at radius 1 is 0.885 bits per heavy atom. The van der Waals surface area contributed by atoms with Gasteiger partial charge < -0.3 is 7.58 Å². The molecular weight excluding hydrogens is 341 g/mol. The monoisotopic (exact) mass is 356 g/mol. The second kappa shape index (κ2) is 7.17. The first-order chi connectivity index (χ1) is 12.7. The van der Waals surface area contributed by atoms with Crippen molar-refractivity contribution in [2.75, 3.05) is 0 Å². The molecule has 1 aromatic heterocycles. The van der Waals surface area contributed by atoms with Crippen LogP contribution >= 0.6 is 0 Å². The molecule has 5 heteroatoms. The summed E-state index contributed by atoms with van der Waals surface area (Å²) in [5, 5.41) is 3.09. The number of carbonyl (C=O) groups excluding carboxylic acids is 1. The molecule has 0 saturated heterocycles. The van der Waals surface area contributed by atoms with E-state index in [1.54, 1.807) is 6.07 Å². The van der Waals surface area contributed by atoms with E-state index >= 15 is 0 Å². The van der Waals surface area contributed by atoms with E-state index in [0.29, 0.717) is 11.3 Å². The zero-order valence-corrected chi connectivity index (χ0v) is 15.3. The molecule has 0 N–H and O–H groups in total. The van der Waals surface area contributed by atoms with Crippen LogP contribution in [0, 0.1) is 6.92 Å². The molecule has 0 fully saturated rings. The van der Waals surface area contributed by atoms with Crippen LogP contribution in [0.15, 0.2) is 72.8 Å². The lowest BCUT2D eigenvalue weighted by Gasteiger charge is -2.10. The van der Waals surface area contributed by atoms with Crippen molar-refractivity contribution >= 4 is 43.5 Å². The molecule has 4 rings (SSSR count). The van der Waals surface area contributed by atoms with Crippen molar-refractivity contribution in [2.45, 2.75) is 6.92 Å². The van der Waals surface area contributed by atoms with E-state index in [0.717, 1.165) is 27.4 Å². The van der Waals surface area contributed by atoms with Gasteiger partial charge in [0.2, 0.25) is 0 Å². The lowest BCUT2D eigenvalue weighted by molar-refractivity contribution is 0.0722. The van der Waals surface area contributed by atoms with Crippen molar-refractivity contribution in [3.05, 3.63) is 84.1 Å². The van der Waals surface area contributed by atoms with E-state index in [1.807, 2.05) is 73.7 Å². The zero-order chi connectivity index (χ0) is 17.9. The Hall–Kier alpha value is -2.87. The summed E-state index contributed by atoms with van der Waals surface area (Å²) in [6.45, 7) is 1.93. The van der Waals surface area contributed by atoms with E-state index in [9.17, 15) is 4.79 Å². The highest BCUT2D eigenvalue weighted by atomic mass is 27.2. The van der Waals surface area contributed by atoms with Crippen LogP contribution in [0.25, 0.3) is 21.7 Å². The molecule has 0 unspecified atom stereocenters. The molecule has 26 heavy (non-hydrogen) atoms. The summed E-state index contributed by atoms with van der Waals surface area (Å²) in [7, 11) is 0. The van der Waals surface area contributed by atoms with Crippen molar-refractivity contribution in [3.63, 3.8) is 0 Å². The summed E-state index contributed by atoms with van der Waals surface area (Å²) in [6, 6.07) is 23.1. The van der Waals surface area contributed by atoms with Gasteiger partial charge in [0.25, 0.3) is 0 Å². The fourth-order valence-electron chi connectivity index (χ4n) is 2.82. The van der Waals surface area contributed by atoms with Gasteiger partial charge in [0.05, 0.1) is 5.56 Å². The third-order valence-corrected chi connectivity index (χ3v) is 4.80. The molecule has 125 valence electrons. The van der Waals surface area contributed by atoms with E-state index in [2.05, 4.69) is 4.98 Å². The summed E-state index contributed by atoms with van der Waals surface area (Å²) >= 11 is -0.978. The fourth-order valence-corrected chi connectivity index (χ4v) is 3.38. The number of hydrogen-bond donors (Lipinski definition) is 0. The van der Waals surface area contributed by atoms with Crippen molar-refractivity contribution in [3.8, 4) is 5.75 Å². The van der Waals surface area contributed by atoms with Crippen LogP contribution in [0.1, 0.15) is 16.1 Å². The number of aromatic nitrogens is 1. The largest absolute Gasteiger partial charge is 0.884 e. The maximum absolute atomic E-state index is 12.3. The number of hydrogen-bond acceptors (Lipinski definition) is 4. The quantitative estimate of drug-likeness (QED) is 0.506. The molecule has 0 aliphatic carbocycles. The van der Waals surface area contributed by atoms with Gasteiger partial charge in [-0.1, -0.05) is 48.5 Å². The first kappa shape index (κ1) is 16.6. The molecule has 1 radical (unpaired) electrons. The number of pyridine rings is 1. The van der Waals surface area contributed by atoms with Crippen LogP contribution in [0.3, 0.4) is 0 Å². The lowest BCUT2D eigenvalue weighted by atomic mass is 10.1. The average molecular weight is 356 g/mol. The molecule has 0 spiro atoms. The molecule has 3 aromatic carbocycles. The Morgan fingerprint density at radius 2 is 1.65 bits per heavy atom. The van der Waals surface area contributed by atoms with Gasteiger partial charge in [0.15, 0.2) is 0 Å². The Labute approximate surface area is 157 Å². The summed E-state index contributed by atoms with van der Waals surface area (Å²) < 4.78 is 11.1. The highest BCUT2D eigenvalue weighted by Gasteiger charge is 2.14. The molecular formula is C21H15AlNO3. The molecule has 0 saturated carbocycles. The zero-order valence-electron chi connectivity index (χ0n) is 14.2. The highest BCUT2D eigenvalue weighted by Crippen LogP contribution is 2.23. The van der Waals surface area contributed by atoms with Crippen molar-refractivity contribution in [2.24, 2.45) is 0 Å². The topological polar surface area (TPSA) is 48.4 Å². The van der Waals surface area contributed by atoms with Crippen LogP contribution in [-0.2, 0) is 3.79 Å². The molecule has 0 bridgehead atoms. The summed E-state index contributed by atoms with van der Waals surface area (Å²) in [6.07, 6.45) is 0. The predicted molar refractivity (Wildman–Crippen MR) is 102 cm³/mol. The Kier molecular flexibility index (Phi) is 4.57. The summed E-state index contributed by atoms with van der Waals surface area (Å²) in [5.74, 6) is 0.252. The Morgan fingerprint density at radius 3 is 2.54 bits per heavy atom. The third kappa shape index (κ3) is 3.41. The maximum atomic E-state index is 12.3. The maximum Gasteiger partial charge on any atom is 0.884 e. The van der Waals surface area contributed by atoms with Crippen LogP contribution in [-0.4, -0.2) is 26.8 Å². The van der Waals surface area contributed by atoms with Crippen LogP contribution in [0.2, 0.25) is 0 Å². The summed E-state index contributed by atoms with van der Waals surface area (Å²) in [4.78, 5) is 16.8. The minimum Gasteiger partial charge on any atom is -0.614 e. The van der Waals surface area contributed by atoms with Gasteiger partial charge >= 0.3 is 21.9 Å². The van der Waals surface area contributed by atoms with Gasteiger partial charge in [-0.15, -0.1) is 0 Å². The number of carbonyl (C=O) groups is 1. The van der Waals surface area contributed by atoms with Gasteiger partial charge in [-0.3, -0.25) is 0 Å². The van der Waals surface area contributed by atoms with Crippen LogP contribution < -0.4 is 3.79 Å². The number of benzene rings is 3. The minimum atomic E-state index is -0.978. The van der Waals surface area contributed by atoms with Crippen LogP contribution in [0.5, 0.6) is 5.75 Å². The van der Waals surface area contributed by atoms with Gasteiger partial charge in [0.1, 0.15) is 11.3 Å². The van der Waals surface area contributed by atoms with E-state index < -0.39 is 15.9 Å². The minimum absolute atomic E-state index is 0.380. The van der Waals surface area contributed by atoms with Crippen molar-refractivity contribution in [1.29, 1.82) is 0 Å². The Balaban J connectivity index is 1.47. The predicted octanol–water partition coefficient (Wildman–Crippen LogP) is 4.47. The Bertz CT molecular complexity index is 1110. The van der Waals surface area contributed by atoms with E-state index in [4.69, 9.17) is 7.58 Å². The average Bonchev–Trinajstić information content (AvgIpc) is 2.67. The molecule has 0 amide bonds. The number of aryl methyl sites for hydroxylation is 1. The highest BCUT2D eigenvalue weighted by molar-refractivity contribution is 6.25. The first-order valence-electron chi connectivity index (χ1n) is 8.25. The van der Waals surface area contributed by atoms with Crippen molar-refractivity contribution in [1.82, 2.24) is 4.98 Å². The van der Waals surface area contributed by atoms with E-state index in [1.165, 1.54) is 0 Å². The molecule has 0 aliphatic rings. The number of fused-ring (bicyclic) bond motifs is 2. The third-order valence-electron chi connectivity index (χ3n) is 4.14. The van der Waals surface area contributed by atoms with E-state index in [-0.39, 0.29) is 5.97 Å². The second-order valence-electron chi connectivity index (χ2n) is 5.96. The van der Waals surface area contributed by atoms with Gasteiger partial charge in [-0.2, -0.15) is 0 Å². The molecule has 0 aliphatic heterocycles. The summed E-state index contributed by atoms with van der Waals surface area (Å²) in [5.41, 5.74) is 2.21. The SMILES string of the molecule is Cc1ccc2cccc([O][Al][O]C(=O)c3ccc4ccccc4c3)c2n1. The number of rotatable bonds is 4. The van der Waals surface area contributed by atoms with Crippen molar-refractivity contribution < 1.29 is 12.4 Å². The van der Waals surface area contributed by atoms with Crippen LogP contribution in [0.4, 0.5) is 0 Å². The lowest BCUT2D eigenvalue weighted by Crippen LogP contribution is -2.14. The molecule has 4 nitrogen and oxygen atoms in total. The normalized spacial score (nSPS) is 10.7. The first-order valence-corrected chi connectivity index (χ1v) is 9.19. The van der Waals surface area contributed by atoms with Gasteiger partial charge in [-0.05, 0) is 42.0 Å². The second-order valence-corrected chi connectivity index (χ2v) is 6.63. The number of nitrogens with zero attached hydrogens (tertiary/aromatic N) is 1. The smallest absolute Gasteiger partial charge is 0.614 e. The molecule has 4 aromatic rings.